The van der Waals surface area contributed by atoms with E-state index in [0.29, 0.717) is 18.4 Å². The summed E-state index contributed by atoms with van der Waals surface area (Å²) < 4.78 is 37.5. The van der Waals surface area contributed by atoms with Gasteiger partial charge >= 0.3 is 6.18 Å². The highest BCUT2D eigenvalue weighted by molar-refractivity contribution is 5.25. The summed E-state index contributed by atoms with van der Waals surface area (Å²) in [6.07, 6.45) is -0.159. The molecule has 1 atom stereocenters. The summed E-state index contributed by atoms with van der Waals surface area (Å²) in [7, 11) is 0. The fraction of sp³-hybridized carbons (Fsp3) is 0.625. The zero-order valence-electron chi connectivity index (χ0n) is 11.9. The van der Waals surface area contributed by atoms with Crippen molar-refractivity contribution in [3.63, 3.8) is 0 Å². The molecule has 118 valence electrons. The van der Waals surface area contributed by atoms with E-state index in [-0.39, 0.29) is 6.42 Å². The minimum absolute atomic E-state index is 0.175. The quantitative estimate of drug-likeness (QED) is 0.836. The minimum atomic E-state index is -4.35. The molecule has 1 aromatic carbocycles. The smallest absolute Gasteiger partial charge is 0.390 e. The molecule has 0 amide bonds. The van der Waals surface area contributed by atoms with Crippen molar-refractivity contribution in [2.24, 2.45) is 0 Å². The Bertz CT molecular complexity index is 446. The van der Waals surface area contributed by atoms with Crippen LogP contribution in [0.4, 0.5) is 13.2 Å². The summed E-state index contributed by atoms with van der Waals surface area (Å²) >= 11 is 0. The van der Waals surface area contributed by atoms with Crippen LogP contribution in [0.25, 0.3) is 0 Å². The van der Waals surface area contributed by atoms with E-state index < -0.39 is 23.4 Å². The molecule has 0 bridgehead atoms. The summed E-state index contributed by atoms with van der Waals surface area (Å²) in [5.41, 5.74) is -1.21. The van der Waals surface area contributed by atoms with Gasteiger partial charge in [-0.15, -0.1) is 0 Å². The summed E-state index contributed by atoms with van der Waals surface area (Å²) in [6, 6.07) is 4.76. The van der Waals surface area contributed by atoms with Crippen LogP contribution in [0.5, 0.6) is 0 Å². The molecule has 0 saturated heterocycles. The predicted molar refractivity (Wildman–Crippen MR) is 73.8 cm³/mol. The molecule has 1 unspecified atom stereocenters. The number of hydrogen-bond acceptors (Lipinski definition) is 2. The Kier molecular flexibility index (Phi) is 4.94. The Hall–Kier alpha value is -1.07. The highest BCUT2D eigenvalue weighted by Gasteiger charge is 2.36. The van der Waals surface area contributed by atoms with Crippen molar-refractivity contribution in [2.75, 3.05) is 0 Å². The van der Waals surface area contributed by atoms with E-state index >= 15 is 0 Å². The maximum Gasteiger partial charge on any atom is 0.416 e. The Morgan fingerprint density at radius 3 is 2.00 bits per heavy atom. The number of aliphatic hydroxyl groups excluding tert-OH is 1. The Morgan fingerprint density at radius 1 is 1.00 bits per heavy atom. The van der Waals surface area contributed by atoms with Crippen LogP contribution < -0.4 is 0 Å². The molecule has 1 aliphatic rings. The number of alkyl halides is 3. The molecule has 2 nitrogen and oxygen atoms in total. The van der Waals surface area contributed by atoms with E-state index in [9.17, 15) is 23.4 Å². The molecule has 0 aliphatic heterocycles. The number of hydrogen-bond donors (Lipinski definition) is 2. The van der Waals surface area contributed by atoms with Gasteiger partial charge in [0.05, 0.1) is 17.3 Å². The first-order chi connectivity index (χ1) is 9.81. The van der Waals surface area contributed by atoms with Gasteiger partial charge < -0.3 is 10.2 Å². The molecule has 1 saturated carbocycles. The Labute approximate surface area is 122 Å². The summed E-state index contributed by atoms with van der Waals surface area (Å²) in [4.78, 5) is 0. The summed E-state index contributed by atoms with van der Waals surface area (Å²) in [6.45, 7) is 0. The zero-order valence-corrected chi connectivity index (χ0v) is 11.9. The molecule has 0 aromatic heterocycles. The second-order valence-corrected chi connectivity index (χ2v) is 5.93. The van der Waals surface area contributed by atoms with Crippen molar-refractivity contribution < 1.29 is 23.4 Å². The topological polar surface area (TPSA) is 40.5 Å². The SMILES string of the molecule is OC(Cc1ccc(C(F)(F)F)cc1)C1(O)CCCCCC1. The highest BCUT2D eigenvalue weighted by atomic mass is 19.4. The number of halogens is 3. The van der Waals surface area contributed by atoms with Crippen LogP contribution in [-0.4, -0.2) is 21.9 Å². The lowest BCUT2D eigenvalue weighted by Crippen LogP contribution is -2.43. The van der Waals surface area contributed by atoms with E-state index in [1.807, 2.05) is 0 Å². The second-order valence-electron chi connectivity index (χ2n) is 5.93. The van der Waals surface area contributed by atoms with Crippen molar-refractivity contribution in [1.82, 2.24) is 0 Å². The first-order valence-electron chi connectivity index (χ1n) is 7.38. The third-order valence-electron chi connectivity index (χ3n) is 4.30. The van der Waals surface area contributed by atoms with Crippen molar-refractivity contribution in [2.45, 2.75) is 62.8 Å². The average molecular weight is 302 g/mol. The zero-order chi connectivity index (χ0) is 15.5. The van der Waals surface area contributed by atoms with Gasteiger partial charge in [-0.05, 0) is 30.5 Å². The molecule has 1 fully saturated rings. The Balaban J connectivity index is 2.03. The molecule has 1 aromatic rings. The Morgan fingerprint density at radius 2 is 1.52 bits per heavy atom. The summed E-state index contributed by atoms with van der Waals surface area (Å²) in [5.74, 6) is 0. The van der Waals surface area contributed by atoms with Gasteiger partial charge in [0.15, 0.2) is 0 Å². The first kappa shape index (κ1) is 16.3. The molecular formula is C16H21F3O2. The van der Waals surface area contributed by atoms with Gasteiger partial charge in [-0.2, -0.15) is 13.2 Å². The average Bonchev–Trinajstić information content (AvgIpc) is 2.64. The molecule has 2 N–H and O–H groups in total. The second kappa shape index (κ2) is 6.36. The van der Waals surface area contributed by atoms with Gasteiger partial charge in [0, 0.05) is 6.42 Å². The van der Waals surface area contributed by atoms with E-state index in [1.165, 1.54) is 12.1 Å². The molecule has 21 heavy (non-hydrogen) atoms. The lowest BCUT2D eigenvalue weighted by molar-refractivity contribution is -0.137. The molecular weight excluding hydrogens is 281 g/mol. The fourth-order valence-electron chi connectivity index (χ4n) is 2.92. The van der Waals surface area contributed by atoms with E-state index in [1.54, 1.807) is 0 Å². The maximum absolute atomic E-state index is 12.5. The van der Waals surface area contributed by atoms with Crippen molar-refractivity contribution in [3.8, 4) is 0 Å². The highest BCUT2D eigenvalue weighted by Crippen LogP contribution is 2.32. The lowest BCUT2D eigenvalue weighted by Gasteiger charge is -2.32. The molecule has 5 heteroatoms. The van der Waals surface area contributed by atoms with Crippen molar-refractivity contribution >= 4 is 0 Å². The predicted octanol–water partition coefficient (Wildman–Crippen LogP) is 3.69. The number of rotatable bonds is 3. The van der Waals surface area contributed by atoms with Gasteiger partial charge in [-0.25, -0.2) is 0 Å². The molecule has 2 rings (SSSR count). The van der Waals surface area contributed by atoms with Gasteiger partial charge in [0.1, 0.15) is 0 Å². The summed E-state index contributed by atoms with van der Waals surface area (Å²) in [5, 5.41) is 20.8. The lowest BCUT2D eigenvalue weighted by atomic mass is 9.85. The number of benzene rings is 1. The van der Waals surface area contributed by atoms with Gasteiger partial charge in [0.25, 0.3) is 0 Å². The number of aliphatic hydroxyl groups is 2. The molecule has 0 radical (unpaired) electrons. The minimum Gasteiger partial charge on any atom is -0.390 e. The monoisotopic (exact) mass is 302 g/mol. The van der Waals surface area contributed by atoms with Crippen LogP contribution in [0.1, 0.15) is 49.7 Å². The van der Waals surface area contributed by atoms with Crippen LogP contribution in [0, 0.1) is 0 Å². The molecule has 0 heterocycles. The third-order valence-corrected chi connectivity index (χ3v) is 4.30. The van der Waals surface area contributed by atoms with Gasteiger partial charge in [-0.1, -0.05) is 37.8 Å². The third kappa shape index (κ3) is 4.20. The van der Waals surface area contributed by atoms with Crippen LogP contribution in [0.2, 0.25) is 0 Å². The van der Waals surface area contributed by atoms with Crippen molar-refractivity contribution in [3.05, 3.63) is 35.4 Å². The van der Waals surface area contributed by atoms with Crippen molar-refractivity contribution in [1.29, 1.82) is 0 Å². The fourth-order valence-corrected chi connectivity index (χ4v) is 2.92. The molecule has 0 spiro atoms. The normalized spacial score (nSPS) is 20.8. The first-order valence-corrected chi connectivity index (χ1v) is 7.38. The van der Waals surface area contributed by atoms with E-state index in [0.717, 1.165) is 37.8 Å². The maximum atomic E-state index is 12.5. The van der Waals surface area contributed by atoms with Gasteiger partial charge in [0.2, 0.25) is 0 Å². The van der Waals surface area contributed by atoms with Crippen LogP contribution >= 0.6 is 0 Å². The van der Waals surface area contributed by atoms with E-state index in [4.69, 9.17) is 0 Å². The largest absolute Gasteiger partial charge is 0.416 e. The van der Waals surface area contributed by atoms with Crippen LogP contribution in [0.15, 0.2) is 24.3 Å². The van der Waals surface area contributed by atoms with Gasteiger partial charge in [-0.3, -0.25) is 0 Å². The van der Waals surface area contributed by atoms with E-state index in [2.05, 4.69) is 0 Å². The van der Waals surface area contributed by atoms with Crippen LogP contribution in [-0.2, 0) is 12.6 Å². The standard InChI is InChI=1S/C16H21F3O2/c17-16(18,19)13-7-5-12(6-8-13)11-14(20)15(21)9-3-1-2-4-10-15/h5-8,14,20-21H,1-4,9-11H2. The molecule has 1 aliphatic carbocycles. The van der Waals surface area contributed by atoms with Crippen LogP contribution in [0.3, 0.4) is 0 Å².